The van der Waals surface area contributed by atoms with Crippen molar-refractivity contribution in [3.63, 3.8) is 0 Å². The molecule has 5 heteroatoms. The third-order valence-corrected chi connectivity index (χ3v) is 3.60. The molecule has 0 bridgehead atoms. The number of alkyl halides is 1. The average Bonchev–Trinajstić information content (AvgIpc) is 2.75. The van der Waals surface area contributed by atoms with E-state index in [2.05, 4.69) is 10.2 Å². The molecule has 0 N–H and O–H groups in total. The number of benzene rings is 1. The van der Waals surface area contributed by atoms with Gasteiger partial charge in [-0.3, -0.25) is 0 Å². The zero-order valence-corrected chi connectivity index (χ0v) is 10.8. The van der Waals surface area contributed by atoms with Crippen molar-refractivity contribution >= 4 is 34.5 Å². The van der Waals surface area contributed by atoms with Crippen molar-refractivity contribution in [2.45, 2.75) is 12.8 Å². The molecule has 0 amide bonds. The van der Waals surface area contributed by atoms with Gasteiger partial charge in [0.15, 0.2) is 0 Å². The molecule has 0 aliphatic rings. The summed E-state index contributed by atoms with van der Waals surface area (Å²) in [6.45, 7) is 0. The molecule has 0 radical (unpaired) electrons. The van der Waals surface area contributed by atoms with E-state index in [4.69, 9.17) is 23.2 Å². The Morgan fingerprint density at radius 3 is 2.88 bits per heavy atom. The van der Waals surface area contributed by atoms with Crippen LogP contribution in [0.5, 0.6) is 0 Å². The van der Waals surface area contributed by atoms with E-state index in [9.17, 15) is 0 Å². The Bertz CT molecular complexity index is 471. The molecule has 1 aromatic heterocycles. The first-order chi connectivity index (χ1) is 7.79. The second-order valence-corrected chi connectivity index (χ2v) is 5.18. The molecule has 0 saturated carbocycles. The lowest BCUT2D eigenvalue weighted by Crippen LogP contribution is -1.84. The van der Waals surface area contributed by atoms with E-state index in [-0.39, 0.29) is 0 Å². The number of halogens is 2. The highest BCUT2D eigenvalue weighted by Crippen LogP contribution is 2.26. The summed E-state index contributed by atoms with van der Waals surface area (Å²) in [5, 5.41) is 10.9. The molecule has 0 aliphatic heterocycles. The highest BCUT2D eigenvalue weighted by molar-refractivity contribution is 7.14. The average molecular weight is 273 g/mol. The third kappa shape index (κ3) is 2.94. The minimum atomic E-state index is 0.659. The zero-order chi connectivity index (χ0) is 11.4. The molecule has 0 fully saturated rings. The van der Waals surface area contributed by atoms with Crippen LogP contribution in [0.15, 0.2) is 24.3 Å². The van der Waals surface area contributed by atoms with Gasteiger partial charge in [0, 0.05) is 22.9 Å². The normalized spacial score (nSPS) is 10.6. The Balaban J connectivity index is 2.18. The van der Waals surface area contributed by atoms with Crippen molar-refractivity contribution in [1.29, 1.82) is 0 Å². The highest BCUT2D eigenvalue weighted by Gasteiger charge is 2.06. The maximum absolute atomic E-state index is 5.92. The molecular formula is C11H10Cl2N2S. The SMILES string of the molecule is ClCCCc1nnc(-c2cccc(Cl)c2)s1. The second kappa shape index (κ2) is 5.62. The first kappa shape index (κ1) is 11.8. The predicted molar refractivity (Wildman–Crippen MR) is 69.4 cm³/mol. The van der Waals surface area contributed by atoms with Gasteiger partial charge in [0.1, 0.15) is 10.0 Å². The molecular weight excluding hydrogens is 263 g/mol. The Morgan fingerprint density at radius 1 is 1.25 bits per heavy atom. The molecule has 0 spiro atoms. The van der Waals surface area contributed by atoms with E-state index in [1.54, 1.807) is 11.3 Å². The summed E-state index contributed by atoms with van der Waals surface area (Å²) in [5.74, 6) is 0.659. The molecule has 0 unspecified atom stereocenters. The fourth-order valence-electron chi connectivity index (χ4n) is 1.31. The molecule has 84 valence electrons. The summed E-state index contributed by atoms with van der Waals surface area (Å²) in [4.78, 5) is 0. The molecule has 2 nitrogen and oxygen atoms in total. The van der Waals surface area contributed by atoms with Gasteiger partial charge in [-0.25, -0.2) is 0 Å². The van der Waals surface area contributed by atoms with Crippen LogP contribution in [-0.4, -0.2) is 16.1 Å². The van der Waals surface area contributed by atoms with Crippen LogP contribution >= 0.6 is 34.5 Å². The predicted octanol–water partition coefficient (Wildman–Crippen LogP) is 4.03. The van der Waals surface area contributed by atoms with E-state index in [0.717, 1.165) is 33.4 Å². The van der Waals surface area contributed by atoms with E-state index in [1.807, 2.05) is 24.3 Å². The van der Waals surface area contributed by atoms with Gasteiger partial charge in [0.05, 0.1) is 0 Å². The third-order valence-electron chi connectivity index (χ3n) is 2.06. The fraction of sp³-hybridized carbons (Fsp3) is 0.273. The quantitative estimate of drug-likeness (QED) is 0.786. The van der Waals surface area contributed by atoms with Crippen molar-refractivity contribution in [1.82, 2.24) is 10.2 Å². The minimum Gasteiger partial charge on any atom is -0.143 e. The van der Waals surface area contributed by atoms with Crippen molar-refractivity contribution < 1.29 is 0 Å². The minimum absolute atomic E-state index is 0.659. The van der Waals surface area contributed by atoms with Gasteiger partial charge in [-0.1, -0.05) is 35.1 Å². The first-order valence-electron chi connectivity index (χ1n) is 4.94. The van der Waals surface area contributed by atoms with Gasteiger partial charge >= 0.3 is 0 Å². The van der Waals surface area contributed by atoms with Crippen LogP contribution < -0.4 is 0 Å². The Morgan fingerprint density at radius 2 is 2.12 bits per heavy atom. The first-order valence-corrected chi connectivity index (χ1v) is 6.67. The maximum Gasteiger partial charge on any atom is 0.147 e. The largest absolute Gasteiger partial charge is 0.147 e. The molecule has 1 aromatic carbocycles. The highest BCUT2D eigenvalue weighted by atomic mass is 35.5. The van der Waals surface area contributed by atoms with Crippen LogP contribution in [0.4, 0.5) is 0 Å². The van der Waals surface area contributed by atoms with E-state index in [0.29, 0.717) is 5.88 Å². The van der Waals surface area contributed by atoms with E-state index in [1.165, 1.54) is 0 Å². The van der Waals surface area contributed by atoms with Crippen molar-refractivity contribution in [2.24, 2.45) is 0 Å². The number of rotatable bonds is 4. The summed E-state index contributed by atoms with van der Waals surface area (Å²) >= 11 is 13.2. The standard InChI is InChI=1S/C11H10Cl2N2S/c12-6-2-5-10-14-15-11(16-10)8-3-1-4-9(13)7-8/h1,3-4,7H,2,5-6H2. The lowest BCUT2D eigenvalue weighted by Gasteiger charge is -1.94. The fourth-order valence-corrected chi connectivity index (χ4v) is 2.51. The zero-order valence-electron chi connectivity index (χ0n) is 8.49. The lowest BCUT2D eigenvalue weighted by atomic mass is 10.2. The molecule has 0 saturated heterocycles. The van der Waals surface area contributed by atoms with E-state index < -0.39 is 0 Å². The number of nitrogens with zero attached hydrogens (tertiary/aromatic N) is 2. The van der Waals surface area contributed by atoms with Crippen LogP contribution in [0.1, 0.15) is 11.4 Å². The summed E-state index contributed by atoms with van der Waals surface area (Å²) in [6.07, 6.45) is 1.83. The summed E-state index contributed by atoms with van der Waals surface area (Å²) in [6, 6.07) is 7.64. The van der Waals surface area contributed by atoms with Gasteiger partial charge in [0.2, 0.25) is 0 Å². The molecule has 2 rings (SSSR count). The second-order valence-electron chi connectivity index (χ2n) is 3.30. The summed E-state index contributed by atoms with van der Waals surface area (Å²) < 4.78 is 0. The molecule has 0 aliphatic carbocycles. The van der Waals surface area contributed by atoms with Crippen LogP contribution in [0.2, 0.25) is 5.02 Å². The van der Waals surface area contributed by atoms with Gasteiger partial charge in [-0.2, -0.15) is 0 Å². The van der Waals surface area contributed by atoms with Gasteiger partial charge in [-0.15, -0.1) is 21.8 Å². The number of aryl methyl sites for hydroxylation is 1. The molecule has 1 heterocycles. The van der Waals surface area contributed by atoms with Crippen LogP contribution in [0, 0.1) is 0 Å². The van der Waals surface area contributed by atoms with Crippen LogP contribution in [0.25, 0.3) is 10.6 Å². The maximum atomic E-state index is 5.92. The number of aromatic nitrogens is 2. The smallest absolute Gasteiger partial charge is 0.143 e. The molecule has 16 heavy (non-hydrogen) atoms. The van der Waals surface area contributed by atoms with Crippen molar-refractivity contribution in [3.05, 3.63) is 34.3 Å². The van der Waals surface area contributed by atoms with Crippen LogP contribution in [0.3, 0.4) is 0 Å². The summed E-state index contributed by atoms with van der Waals surface area (Å²) in [5.41, 5.74) is 1.02. The summed E-state index contributed by atoms with van der Waals surface area (Å²) in [7, 11) is 0. The van der Waals surface area contributed by atoms with Gasteiger partial charge < -0.3 is 0 Å². The van der Waals surface area contributed by atoms with Crippen LogP contribution in [-0.2, 0) is 6.42 Å². The number of hydrogen-bond acceptors (Lipinski definition) is 3. The number of hydrogen-bond donors (Lipinski definition) is 0. The Labute approximate surface area is 108 Å². The molecule has 2 aromatic rings. The van der Waals surface area contributed by atoms with Crippen molar-refractivity contribution in [2.75, 3.05) is 5.88 Å². The Hall–Kier alpha value is -0.640. The van der Waals surface area contributed by atoms with Gasteiger partial charge in [-0.05, 0) is 18.6 Å². The lowest BCUT2D eigenvalue weighted by molar-refractivity contribution is 0.884. The topological polar surface area (TPSA) is 25.8 Å². The van der Waals surface area contributed by atoms with E-state index >= 15 is 0 Å². The Kier molecular flexibility index (Phi) is 4.16. The van der Waals surface area contributed by atoms with Crippen molar-refractivity contribution in [3.8, 4) is 10.6 Å². The molecule has 0 atom stereocenters. The van der Waals surface area contributed by atoms with Gasteiger partial charge in [0.25, 0.3) is 0 Å². The monoisotopic (exact) mass is 272 g/mol.